The minimum absolute atomic E-state index is 0.0653. The molecular weight excluding hydrogens is 600 g/mol. The summed E-state index contributed by atoms with van der Waals surface area (Å²) in [5, 5.41) is 13.1. The fourth-order valence-corrected chi connectivity index (χ4v) is 4.20. The molecule has 7 nitrogen and oxygen atoms in total. The topological polar surface area (TPSA) is 85.8 Å². The van der Waals surface area contributed by atoms with Crippen LogP contribution in [0.25, 0.3) is 0 Å². The molecular formula is C25H40Cl2IN5O2. The number of halogens is 3. The molecule has 1 aliphatic heterocycles. The molecule has 1 aliphatic rings. The lowest BCUT2D eigenvalue weighted by Gasteiger charge is -2.14. The van der Waals surface area contributed by atoms with Gasteiger partial charge in [0.15, 0.2) is 0 Å². The van der Waals surface area contributed by atoms with Crippen LogP contribution in [-0.2, 0) is 9.59 Å². The van der Waals surface area contributed by atoms with Gasteiger partial charge in [-0.2, -0.15) is 5.10 Å². The largest absolute Gasteiger partial charge is 0.356 e. The van der Waals surface area contributed by atoms with E-state index in [0.717, 1.165) is 25.1 Å². The normalized spacial score (nSPS) is 14.7. The van der Waals surface area contributed by atoms with Gasteiger partial charge in [0, 0.05) is 54.7 Å². The van der Waals surface area contributed by atoms with E-state index in [-0.39, 0.29) is 17.7 Å². The van der Waals surface area contributed by atoms with E-state index in [1.807, 2.05) is 31.8 Å². The molecule has 0 spiro atoms. The number of carbonyl (C=O) groups excluding carboxylic acids is 2. The Balaban J connectivity index is 0.00000298. The lowest BCUT2D eigenvalue weighted by Crippen LogP contribution is -2.34. The van der Waals surface area contributed by atoms with Crippen LogP contribution in [0.2, 0.25) is 10.0 Å². The van der Waals surface area contributed by atoms with Crippen LogP contribution in [0.4, 0.5) is 5.69 Å². The quantitative estimate of drug-likeness (QED) is 0.124. The lowest BCUT2D eigenvalue weighted by atomic mass is 10.1. The Labute approximate surface area is 234 Å². The van der Waals surface area contributed by atoms with Crippen LogP contribution in [0.15, 0.2) is 23.3 Å². The highest BCUT2D eigenvalue weighted by molar-refractivity contribution is 14.1. The summed E-state index contributed by atoms with van der Waals surface area (Å²) in [5.41, 5.74) is 0.830. The van der Waals surface area contributed by atoms with Gasteiger partial charge in [-0.05, 0) is 37.5 Å². The van der Waals surface area contributed by atoms with Crippen molar-refractivity contribution in [3.63, 3.8) is 0 Å². The van der Waals surface area contributed by atoms with Crippen LogP contribution in [0.5, 0.6) is 0 Å². The van der Waals surface area contributed by atoms with Crippen LogP contribution < -0.4 is 19.2 Å². The standard InChI is InChI=1S/C23H34Cl2IN5O2.C2H6/c1-17-16-31(18-11-12-19(24)20(25)15-18)30-23(17)29-22(33)10-8-13-27-21(32)9-6-4-2-3-5-7-14-28-26;1-2/h11-12,15,17,28H,2-10,13-14,16H2,1H3,(H,27,32)(H,29,30,33);1-2H3. The second-order valence-electron chi connectivity index (χ2n) is 8.32. The summed E-state index contributed by atoms with van der Waals surface area (Å²) in [6.07, 6.45) is 8.36. The summed E-state index contributed by atoms with van der Waals surface area (Å²) < 4.78 is 3.12. The monoisotopic (exact) mass is 639 g/mol. The molecule has 1 unspecified atom stereocenters. The SMILES string of the molecule is CC.CC1CN(c2ccc(Cl)c(Cl)c2)N=C1NC(=O)CCCNC(=O)CCCCCCCCNI. The van der Waals surface area contributed by atoms with Gasteiger partial charge < -0.3 is 10.6 Å². The average Bonchev–Trinajstić information content (AvgIpc) is 3.21. The number of rotatable bonds is 14. The lowest BCUT2D eigenvalue weighted by molar-refractivity contribution is -0.122. The van der Waals surface area contributed by atoms with Gasteiger partial charge in [-0.25, -0.2) is 0 Å². The predicted octanol–water partition coefficient (Wildman–Crippen LogP) is 6.47. The zero-order valence-corrected chi connectivity index (χ0v) is 24.8. The van der Waals surface area contributed by atoms with E-state index in [4.69, 9.17) is 23.2 Å². The molecule has 35 heavy (non-hydrogen) atoms. The first kappa shape index (κ1) is 31.9. The predicted molar refractivity (Wildman–Crippen MR) is 156 cm³/mol. The molecule has 1 heterocycles. The molecule has 2 amide bonds. The second kappa shape index (κ2) is 19.1. The van der Waals surface area contributed by atoms with Gasteiger partial charge in [-0.3, -0.25) is 18.1 Å². The zero-order chi connectivity index (χ0) is 26.1. The summed E-state index contributed by atoms with van der Waals surface area (Å²) in [7, 11) is 0. The fraction of sp³-hybridized carbons (Fsp3) is 0.640. The summed E-state index contributed by atoms with van der Waals surface area (Å²) in [4.78, 5) is 24.2. The Morgan fingerprint density at radius 1 is 0.971 bits per heavy atom. The summed E-state index contributed by atoms with van der Waals surface area (Å²) in [6, 6.07) is 5.35. The maximum atomic E-state index is 12.3. The first-order valence-corrected chi connectivity index (χ1v) is 14.4. The van der Waals surface area contributed by atoms with E-state index in [9.17, 15) is 9.59 Å². The van der Waals surface area contributed by atoms with E-state index in [1.54, 1.807) is 12.1 Å². The molecule has 0 saturated heterocycles. The third kappa shape index (κ3) is 13.1. The van der Waals surface area contributed by atoms with Crippen molar-refractivity contribution in [1.29, 1.82) is 0 Å². The fourth-order valence-electron chi connectivity index (χ4n) is 3.53. The van der Waals surface area contributed by atoms with Crippen molar-refractivity contribution in [3.05, 3.63) is 28.2 Å². The highest BCUT2D eigenvalue weighted by Crippen LogP contribution is 2.29. The molecule has 10 heteroatoms. The third-order valence-corrected chi connectivity index (χ3v) is 6.72. The molecule has 0 fully saturated rings. The van der Waals surface area contributed by atoms with Crippen molar-refractivity contribution in [3.8, 4) is 0 Å². The van der Waals surface area contributed by atoms with E-state index < -0.39 is 0 Å². The average molecular weight is 640 g/mol. The van der Waals surface area contributed by atoms with Gasteiger partial charge in [-0.15, -0.1) is 0 Å². The zero-order valence-electron chi connectivity index (χ0n) is 21.1. The molecule has 1 aromatic rings. The summed E-state index contributed by atoms with van der Waals surface area (Å²) >= 11 is 14.2. The summed E-state index contributed by atoms with van der Waals surface area (Å²) in [6.45, 7) is 8.23. The van der Waals surface area contributed by atoms with Crippen molar-refractivity contribution < 1.29 is 9.59 Å². The Morgan fingerprint density at radius 3 is 2.31 bits per heavy atom. The van der Waals surface area contributed by atoms with Gasteiger partial charge in [0.05, 0.1) is 22.3 Å². The van der Waals surface area contributed by atoms with Crippen molar-refractivity contribution >= 4 is 69.4 Å². The van der Waals surface area contributed by atoms with Crippen molar-refractivity contribution in [2.24, 2.45) is 11.0 Å². The maximum Gasteiger partial charge on any atom is 0.225 e. The number of nitrogens with one attached hydrogen (secondary N) is 3. The number of unbranched alkanes of at least 4 members (excludes halogenated alkanes) is 5. The number of hydrazone groups is 1. The van der Waals surface area contributed by atoms with E-state index >= 15 is 0 Å². The van der Waals surface area contributed by atoms with Crippen LogP contribution in [0.1, 0.15) is 78.6 Å². The highest BCUT2D eigenvalue weighted by atomic mass is 127. The van der Waals surface area contributed by atoms with Gasteiger partial charge in [0.25, 0.3) is 0 Å². The van der Waals surface area contributed by atoms with Gasteiger partial charge in [-0.1, -0.05) is 69.7 Å². The van der Waals surface area contributed by atoms with Gasteiger partial charge in [0.2, 0.25) is 11.8 Å². The Hall–Kier alpha value is -1.10. The van der Waals surface area contributed by atoms with Crippen LogP contribution in [-0.4, -0.2) is 37.3 Å². The maximum absolute atomic E-state index is 12.3. The van der Waals surface area contributed by atoms with Crippen LogP contribution in [0, 0.1) is 5.92 Å². The Bertz CT molecular complexity index is 810. The number of anilines is 1. The number of nitrogens with zero attached hydrogens (tertiary/aromatic N) is 2. The molecule has 1 aromatic carbocycles. The molecule has 2 rings (SSSR count). The molecule has 0 aliphatic carbocycles. The molecule has 0 bridgehead atoms. The highest BCUT2D eigenvalue weighted by Gasteiger charge is 2.25. The van der Waals surface area contributed by atoms with Gasteiger partial charge >= 0.3 is 0 Å². The molecule has 0 saturated carbocycles. The van der Waals surface area contributed by atoms with E-state index in [0.29, 0.717) is 48.2 Å². The third-order valence-electron chi connectivity index (χ3n) is 5.44. The smallest absolute Gasteiger partial charge is 0.225 e. The molecule has 198 valence electrons. The number of benzene rings is 1. The molecule has 1 atom stereocenters. The van der Waals surface area contributed by atoms with Crippen molar-refractivity contribution in [1.82, 2.24) is 14.2 Å². The van der Waals surface area contributed by atoms with E-state index in [2.05, 4.69) is 42.1 Å². The molecule has 3 N–H and O–H groups in total. The van der Waals surface area contributed by atoms with Crippen molar-refractivity contribution in [2.75, 3.05) is 24.6 Å². The van der Waals surface area contributed by atoms with Crippen LogP contribution in [0.3, 0.4) is 0 Å². The number of amides is 2. The minimum atomic E-state index is -0.0939. The molecule has 0 aromatic heterocycles. The van der Waals surface area contributed by atoms with E-state index in [1.165, 1.54) is 25.7 Å². The Morgan fingerprint density at radius 2 is 1.63 bits per heavy atom. The first-order valence-electron chi connectivity index (χ1n) is 12.6. The van der Waals surface area contributed by atoms with Crippen molar-refractivity contribution in [2.45, 2.75) is 78.6 Å². The van der Waals surface area contributed by atoms with Gasteiger partial charge in [0.1, 0.15) is 5.84 Å². The van der Waals surface area contributed by atoms with Crippen LogP contribution >= 0.6 is 46.1 Å². The number of hydrogen-bond donors (Lipinski definition) is 3. The Kier molecular flexibility index (Phi) is 17.4. The number of carbonyl (C=O) groups is 2. The molecule has 0 radical (unpaired) electrons. The second-order valence-corrected chi connectivity index (χ2v) is 9.90. The minimum Gasteiger partial charge on any atom is -0.356 e. The number of hydrogen-bond acceptors (Lipinski definition) is 5. The first-order chi connectivity index (χ1) is 16.9. The number of amidine groups is 1. The summed E-state index contributed by atoms with van der Waals surface area (Å²) in [5.74, 6) is 0.700.